The van der Waals surface area contributed by atoms with Crippen LogP contribution in [0.15, 0.2) is 30.3 Å². The first-order valence-corrected chi connectivity index (χ1v) is 6.96. The summed E-state index contributed by atoms with van der Waals surface area (Å²) in [4.78, 5) is 36.5. The van der Waals surface area contributed by atoms with Crippen molar-refractivity contribution >= 4 is 47.1 Å². The third-order valence-electron chi connectivity index (χ3n) is 2.48. The van der Waals surface area contributed by atoms with Gasteiger partial charge in [-0.2, -0.15) is 0 Å². The lowest BCUT2D eigenvalue weighted by Crippen LogP contribution is -2.52. The van der Waals surface area contributed by atoms with E-state index in [9.17, 15) is 19.5 Å². The molecule has 0 radical (unpaired) electrons. The second-order valence-corrected chi connectivity index (χ2v) is 5.44. The Hall–Kier alpha value is -1.83. The Morgan fingerprint density at radius 3 is 2.14 bits per heavy atom. The van der Waals surface area contributed by atoms with Crippen LogP contribution in [0.5, 0.6) is 0 Å². The molecule has 1 aromatic carbocycles. The molecule has 0 aliphatic heterocycles. The number of nitrogens with zero attached hydrogens (tertiary/aromatic N) is 2. The molecule has 1 unspecified atom stereocenters. The maximum Gasteiger partial charge on any atom is 0.361 e. The van der Waals surface area contributed by atoms with Crippen LogP contribution in [0.1, 0.15) is 13.8 Å². The average molecular weight is 348 g/mol. The van der Waals surface area contributed by atoms with Crippen LogP contribution in [0.3, 0.4) is 0 Å². The normalized spacial score (nSPS) is 11.7. The second-order valence-electron chi connectivity index (χ2n) is 4.59. The first kappa shape index (κ1) is 18.2. The molecule has 7 nitrogen and oxygen atoms in total. The molecule has 1 aromatic rings. The van der Waals surface area contributed by atoms with E-state index in [-0.39, 0.29) is 15.7 Å². The van der Waals surface area contributed by atoms with Gasteiger partial charge in [-0.15, -0.1) is 3.94 Å². The van der Waals surface area contributed by atoms with Crippen molar-refractivity contribution in [2.75, 3.05) is 4.90 Å². The van der Waals surface area contributed by atoms with Crippen LogP contribution in [-0.4, -0.2) is 39.0 Å². The van der Waals surface area contributed by atoms with E-state index in [1.54, 1.807) is 32.0 Å². The molecule has 0 saturated carbocycles. The Balaban J connectivity index is 3.09. The second kappa shape index (κ2) is 7.98. The highest BCUT2D eigenvalue weighted by Gasteiger charge is 2.35. The van der Waals surface area contributed by atoms with Crippen LogP contribution < -0.4 is 10.2 Å². The minimum absolute atomic E-state index is 0.111. The number of carbonyl (C=O) groups is 3. The number of aliphatic hydroxyl groups excluding tert-OH is 1. The van der Waals surface area contributed by atoms with E-state index in [0.717, 1.165) is 0 Å². The SMILES string of the molecule is CC(C)NC(=O)C(O)C(=O)N(C(=O)N(Cl)Cl)c1ccccc1. The summed E-state index contributed by atoms with van der Waals surface area (Å²) in [6.45, 7) is 3.32. The van der Waals surface area contributed by atoms with Crippen molar-refractivity contribution in [1.82, 2.24) is 9.25 Å². The number of carbonyl (C=O) groups excluding carboxylic acids is 3. The predicted octanol–water partition coefficient (Wildman–Crippen LogP) is 1.63. The first-order chi connectivity index (χ1) is 10.3. The maximum atomic E-state index is 12.3. The topological polar surface area (TPSA) is 90.0 Å². The van der Waals surface area contributed by atoms with Gasteiger partial charge in [0.05, 0.1) is 5.69 Å². The molecule has 1 rings (SSSR count). The minimum Gasteiger partial charge on any atom is -0.375 e. The van der Waals surface area contributed by atoms with Gasteiger partial charge in [0.15, 0.2) is 0 Å². The van der Waals surface area contributed by atoms with Gasteiger partial charge in [0.2, 0.25) is 6.10 Å². The van der Waals surface area contributed by atoms with Crippen molar-refractivity contribution in [2.24, 2.45) is 0 Å². The number of nitrogens with one attached hydrogen (secondary N) is 1. The molecule has 0 saturated heterocycles. The lowest BCUT2D eigenvalue weighted by atomic mass is 10.2. The van der Waals surface area contributed by atoms with Gasteiger partial charge in [-0.3, -0.25) is 9.59 Å². The molecule has 1 atom stereocenters. The van der Waals surface area contributed by atoms with Gasteiger partial charge < -0.3 is 10.4 Å². The summed E-state index contributed by atoms with van der Waals surface area (Å²) in [5, 5.41) is 12.2. The Bertz CT molecular complexity index is 551. The standard InChI is InChI=1S/C13H15Cl2N3O4/c1-8(2)16-11(20)10(19)12(21)17(13(22)18(14)15)9-6-4-3-5-7-9/h3-8,10,19H,1-2H3,(H,16,20). The highest BCUT2D eigenvalue weighted by atomic mass is 35.5. The fourth-order valence-electron chi connectivity index (χ4n) is 1.58. The van der Waals surface area contributed by atoms with Crippen LogP contribution >= 0.6 is 23.6 Å². The van der Waals surface area contributed by atoms with Gasteiger partial charge in [0.1, 0.15) is 0 Å². The van der Waals surface area contributed by atoms with E-state index < -0.39 is 23.9 Å². The van der Waals surface area contributed by atoms with Gasteiger partial charge in [-0.25, -0.2) is 9.69 Å². The van der Waals surface area contributed by atoms with E-state index >= 15 is 0 Å². The van der Waals surface area contributed by atoms with Crippen molar-refractivity contribution in [2.45, 2.75) is 26.0 Å². The third kappa shape index (κ3) is 4.59. The molecule has 0 fully saturated rings. The lowest BCUT2D eigenvalue weighted by Gasteiger charge is -2.24. The van der Waals surface area contributed by atoms with E-state index in [1.807, 2.05) is 0 Å². The molecular weight excluding hydrogens is 333 g/mol. The third-order valence-corrected chi connectivity index (χ3v) is 2.77. The summed E-state index contributed by atoms with van der Waals surface area (Å²) in [6, 6.07) is 6.26. The zero-order valence-corrected chi connectivity index (χ0v) is 13.4. The number of aliphatic hydroxyl groups is 1. The smallest absolute Gasteiger partial charge is 0.361 e. The lowest BCUT2D eigenvalue weighted by molar-refractivity contribution is -0.139. The van der Waals surface area contributed by atoms with Crippen molar-refractivity contribution in [3.8, 4) is 0 Å². The Labute approximate surface area is 137 Å². The van der Waals surface area contributed by atoms with E-state index in [1.165, 1.54) is 12.1 Å². The summed E-state index contributed by atoms with van der Waals surface area (Å²) in [5.41, 5.74) is 0.111. The number of anilines is 1. The summed E-state index contributed by atoms with van der Waals surface area (Å²) in [5.74, 6) is -2.09. The molecule has 0 bridgehead atoms. The number of hydrogen-bond donors (Lipinski definition) is 2. The van der Waals surface area contributed by atoms with Gasteiger partial charge in [-0.05, 0) is 26.0 Å². The van der Waals surface area contributed by atoms with E-state index in [2.05, 4.69) is 5.32 Å². The van der Waals surface area contributed by atoms with E-state index in [0.29, 0.717) is 4.90 Å². The highest BCUT2D eigenvalue weighted by Crippen LogP contribution is 2.19. The molecule has 0 aliphatic carbocycles. The van der Waals surface area contributed by atoms with Gasteiger partial charge in [0, 0.05) is 29.6 Å². The summed E-state index contributed by atoms with van der Waals surface area (Å²) < 4.78 is 0.137. The molecule has 2 N–H and O–H groups in total. The van der Waals surface area contributed by atoms with Crippen molar-refractivity contribution in [3.05, 3.63) is 30.3 Å². The van der Waals surface area contributed by atoms with Crippen molar-refractivity contribution in [1.29, 1.82) is 0 Å². The predicted molar refractivity (Wildman–Crippen MR) is 82.2 cm³/mol. The fraction of sp³-hybridized carbons (Fsp3) is 0.308. The molecule has 0 aliphatic rings. The molecule has 0 spiro atoms. The largest absolute Gasteiger partial charge is 0.375 e. The van der Waals surface area contributed by atoms with Crippen LogP contribution in [0.2, 0.25) is 0 Å². The minimum atomic E-state index is -2.07. The molecule has 9 heteroatoms. The van der Waals surface area contributed by atoms with Crippen LogP contribution in [0.4, 0.5) is 10.5 Å². The van der Waals surface area contributed by atoms with Crippen LogP contribution in [0.25, 0.3) is 0 Å². The van der Waals surface area contributed by atoms with Crippen LogP contribution in [-0.2, 0) is 9.59 Å². The fourth-order valence-corrected chi connectivity index (χ4v) is 1.73. The number of para-hydroxylation sites is 1. The Kier molecular flexibility index (Phi) is 6.61. The number of rotatable bonds is 4. The highest BCUT2D eigenvalue weighted by molar-refractivity contribution is 6.44. The summed E-state index contributed by atoms with van der Waals surface area (Å²) in [7, 11) is 0. The molecular formula is C13H15Cl2N3O4. The molecule has 4 amide bonds. The maximum absolute atomic E-state index is 12.3. The van der Waals surface area contributed by atoms with Crippen molar-refractivity contribution in [3.63, 3.8) is 0 Å². The van der Waals surface area contributed by atoms with Crippen LogP contribution in [0, 0.1) is 0 Å². The summed E-state index contributed by atoms with van der Waals surface area (Å²) in [6.07, 6.45) is -2.07. The van der Waals surface area contributed by atoms with E-state index in [4.69, 9.17) is 23.6 Å². The van der Waals surface area contributed by atoms with Gasteiger partial charge in [-0.1, -0.05) is 18.2 Å². The molecule has 0 aromatic heterocycles. The molecule has 22 heavy (non-hydrogen) atoms. The average Bonchev–Trinajstić information content (AvgIpc) is 2.46. The first-order valence-electron chi connectivity index (χ1n) is 6.28. The number of amides is 4. The number of halogens is 2. The summed E-state index contributed by atoms with van der Waals surface area (Å²) >= 11 is 10.7. The zero-order chi connectivity index (χ0) is 16.9. The number of imide groups is 1. The number of benzene rings is 1. The number of hydrogen-bond acceptors (Lipinski definition) is 4. The number of urea groups is 1. The van der Waals surface area contributed by atoms with Crippen molar-refractivity contribution < 1.29 is 19.5 Å². The molecule has 0 heterocycles. The molecule has 120 valence electrons. The zero-order valence-electron chi connectivity index (χ0n) is 11.9. The van der Waals surface area contributed by atoms with Gasteiger partial charge >= 0.3 is 6.03 Å². The van der Waals surface area contributed by atoms with Gasteiger partial charge in [0.25, 0.3) is 11.8 Å². The Morgan fingerprint density at radius 2 is 1.68 bits per heavy atom. The monoisotopic (exact) mass is 347 g/mol. The Morgan fingerprint density at radius 1 is 1.14 bits per heavy atom. The quantitative estimate of drug-likeness (QED) is 0.639.